The average molecular weight is 379 g/mol. The van der Waals surface area contributed by atoms with Crippen LogP contribution in [0.15, 0.2) is 64.1 Å². The molecule has 2 aromatic carbocycles. The summed E-state index contributed by atoms with van der Waals surface area (Å²) in [6.07, 6.45) is 1.32. The first-order chi connectivity index (χ1) is 13.5. The van der Waals surface area contributed by atoms with Gasteiger partial charge in [0.2, 0.25) is 0 Å². The van der Waals surface area contributed by atoms with Crippen molar-refractivity contribution in [2.24, 2.45) is 5.10 Å². The molecule has 3 rings (SSSR count). The number of hydrogen-bond acceptors (Lipinski definition) is 6. The summed E-state index contributed by atoms with van der Waals surface area (Å²) in [6, 6.07) is 14.7. The first-order valence-corrected chi connectivity index (χ1v) is 8.31. The van der Waals surface area contributed by atoms with Gasteiger partial charge in [-0.05, 0) is 42.8 Å². The number of rotatable bonds is 6. The second-order valence-corrected chi connectivity index (χ2v) is 5.88. The Bertz CT molecular complexity index is 1060. The third kappa shape index (κ3) is 4.07. The van der Waals surface area contributed by atoms with E-state index in [1.54, 1.807) is 48.5 Å². The molecule has 0 saturated heterocycles. The van der Waals surface area contributed by atoms with E-state index in [0.717, 1.165) is 5.56 Å². The van der Waals surface area contributed by atoms with Gasteiger partial charge in [-0.25, -0.2) is 5.43 Å². The minimum Gasteiger partial charge on any atom is -0.496 e. The number of hydrazone groups is 1. The largest absolute Gasteiger partial charge is 0.496 e. The zero-order valence-electron chi connectivity index (χ0n) is 15.2. The zero-order chi connectivity index (χ0) is 20.1. The highest BCUT2D eigenvalue weighted by Gasteiger charge is 2.17. The van der Waals surface area contributed by atoms with Crippen molar-refractivity contribution < 1.29 is 18.9 Å². The van der Waals surface area contributed by atoms with Crippen LogP contribution in [0, 0.1) is 17.0 Å². The number of para-hydroxylation sites is 1. The minimum absolute atomic E-state index is 0.0555. The van der Waals surface area contributed by atoms with Gasteiger partial charge in [0.1, 0.15) is 17.3 Å². The molecule has 0 saturated carbocycles. The third-order valence-corrected chi connectivity index (χ3v) is 3.95. The molecule has 0 spiro atoms. The highest BCUT2D eigenvalue weighted by atomic mass is 16.6. The van der Waals surface area contributed by atoms with Crippen LogP contribution in [-0.2, 0) is 0 Å². The summed E-state index contributed by atoms with van der Waals surface area (Å²) in [5.74, 6) is 0.688. The Morgan fingerprint density at radius 2 is 2.00 bits per heavy atom. The van der Waals surface area contributed by atoms with Gasteiger partial charge in [-0.15, -0.1) is 0 Å². The van der Waals surface area contributed by atoms with Crippen LogP contribution in [0.3, 0.4) is 0 Å². The maximum atomic E-state index is 12.3. The van der Waals surface area contributed by atoms with E-state index in [2.05, 4.69) is 10.5 Å². The van der Waals surface area contributed by atoms with Crippen molar-refractivity contribution in [3.63, 3.8) is 0 Å². The van der Waals surface area contributed by atoms with Crippen LogP contribution >= 0.6 is 0 Å². The predicted molar refractivity (Wildman–Crippen MR) is 104 cm³/mol. The summed E-state index contributed by atoms with van der Waals surface area (Å²) in [6.45, 7) is 1.90. The average Bonchev–Trinajstić information content (AvgIpc) is 3.16. The van der Waals surface area contributed by atoms with Gasteiger partial charge in [-0.2, -0.15) is 5.10 Å². The summed E-state index contributed by atoms with van der Waals surface area (Å²) in [4.78, 5) is 22.9. The van der Waals surface area contributed by atoms with E-state index >= 15 is 0 Å². The van der Waals surface area contributed by atoms with Crippen molar-refractivity contribution in [1.29, 1.82) is 0 Å². The number of nitro benzene ring substituents is 1. The fourth-order valence-electron chi connectivity index (χ4n) is 2.61. The predicted octanol–water partition coefficient (Wildman–Crippen LogP) is 3.94. The summed E-state index contributed by atoms with van der Waals surface area (Å²) in [7, 11) is 1.49. The van der Waals surface area contributed by atoms with Gasteiger partial charge in [-0.1, -0.05) is 18.2 Å². The van der Waals surface area contributed by atoms with Crippen LogP contribution in [0.1, 0.15) is 21.7 Å². The molecule has 0 atom stereocenters. The summed E-state index contributed by atoms with van der Waals surface area (Å²) in [5, 5.41) is 15.0. The van der Waals surface area contributed by atoms with Crippen molar-refractivity contribution in [3.8, 4) is 17.1 Å². The van der Waals surface area contributed by atoms with E-state index in [0.29, 0.717) is 28.4 Å². The number of aryl methyl sites for hydroxylation is 1. The third-order valence-electron chi connectivity index (χ3n) is 3.95. The standard InChI is InChI=1S/C20H17N3O5/c1-13-7-9-16(19(11-13)27-2)20(24)22-21-12-14-8-10-18(28-14)15-5-3-4-6-17(15)23(25)26/h3-12H,1-2H3,(H,22,24). The lowest BCUT2D eigenvalue weighted by molar-refractivity contribution is -0.384. The van der Waals surface area contributed by atoms with Crippen LogP contribution in [0.2, 0.25) is 0 Å². The molecule has 28 heavy (non-hydrogen) atoms. The highest BCUT2D eigenvalue weighted by molar-refractivity contribution is 5.97. The van der Waals surface area contributed by atoms with Gasteiger partial charge in [0.05, 0.1) is 29.4 Å². The number of furan rings is 1. The second kappa shape index (κ2) is 8.17. The van der Waals surface area contributed by atoms with Crippen LogP contribution in [-0.4, -0.2) is 24.2 Å². The number of hydrogen-bond donors (Lipinski definition) is 1. The maximum absolute atomic E-state index is 12.3. The van der Waals surface area contributed by atoms with Crippen LogP contribution in [0.5, 0.6) is 5.75 Å². The highest BCUT2D eigenvalue weighted by Crippen LogP contribution is 2.30. The Morgan fingerprint density at radius 1 is 1.21 bits per heavy atom. The lowest BCUT2D eigenvalue weighted by Gasteiger charge is -2.07. The molecule has 8 heteroatoms. The van der Waals surface area contributed by atoms with Gasteiger partial charge in [0, 0.05) is 6.07 Å². The molecule has 142 valence electrons. The van der Waals surface area contributed by atoms with Crippen molar-refractivity contribution in [2.75, 3.05) is 7.11 Å². The number of ether oxygens (including phenoxy) is 1. The molecule has 0 fully saturated rings. The Hall–Kier alpha value is -3.94. The first-order valence-electron chi connectivity index (χ1n) is 8.31. The molecule has 0 unspecified atom stereocenters. The number of carbonyl (C=O) groups excluding carboxylic acids is 1. The Kier molecular flexibility index (Phi) is 5.50. The van der Waals surface area contributed by atoms with Crippen LogP contribution in [0.4, 0.5) is 5.69 Å². The molecule has 1 amide bonds. The van der Waals surface area contributed by atoms with E-state index in [4.69, 9.17) is 9.15 Å². The fraction of sp³-hybridized carbons (Fsp3) is 0.100. The van der Waals surface area contributed by atoms with Crippen molar-refractivity contribution >= 4 is 17.8 Å². The number of nitrogens with one attached hydrogen (secondary N) is 1. The smallest absolute Gasteiger partial charge is 0.280 e. The van der Waals surface area contributed by atoms with E-state index < -0.39 is 10.8 Å². The van der Waals surface area contributed by atoms with Crippen LogP contribution in [0.25, 0.3) is 11.3 Å². The summed E-state index contributed by atoms with van der Waals surface area (Å²) >= 11 is 0. The van der Waals surface area contributed by atoms with Crippen molar-refractivity contribution in [2.45, 2.75) is 6.92 Å². The van der Waals surface area contributed by atoms with Gasteiger partial charge in [-0.3, -0.25) is 14.9 Å². The number of amides is 1. The number of carbonyl (C=O) groups is 1. The molecule has 8 nitrogen and oxygen atoms in total. The number of nitro groups is 1. The Morgan fingerprint density at radius 3 is 2.75 bits per heavy atom. The quantitative estimate of drug-likeness (QED) is 0.397. The molecule has 1 heterocycles. The van der Waals surface area contributed by atoms with E-state index in [9.17, 15) is 14.9 Å². The fourth-order valence-corrected chi connectivity index (χ4v) is 2.61. The van der Waals surface area contributed by atoms with Gasteiger partial charge >= 0.3 is 0 Å². The Balaban J connectivity index is 1.73. The molecular weight excluding hydrogens is 362 g/mol. The maximum Gasteiger partial charge on any atom is 0.280 e. The molecule has 1 aromatic heterocycles. The minimum atomic E-state index is -0.471. The lowest BCUT2D eigenvalue weighted by atomic mass is 10.1. The van der Waals surface area contributed by atoms with E-state index in [1.165, 1.54) is 19.4 Å². The molecule has 3 aromatic rings. The van der Waals surface area contributed by atoms with Gasteiger partial charge in [0.25, 0.3) is 11.6 Å². The molecule has 0 radical (unpaired) electrons. The zero-order valence-corrected chi connectivity index (χ0v) is 15.2. The second-order valence-electron chi connectivity index (χ2n) is 5.88. The summed E-state index contributed by atoms with van der Waals surface area (Å²) < 4.78 is 10.8. The van der Waals surface area contributed by atoms with Gasteiger partial charge in [0.15, 0.2) is 0 Å². The molecule has 0 aliphatic heterocycles. The molecule has 0 aliphatic rings. The lowest BCUT2D eigenvalue weighted by Crippen LogP contribution is -2.18. The number of nitrogens with zero attached hydrogens (tertiary/aromatic N) is 2. The number of benzene rings is 2. The molecule has 1 N–H and O–H groups in total. The molecule has 0 aliphatic carbocycles. The van der Waals surface area contributed by atoms with Crippen LogP contribution < -0.4 is 10.2 Å². The topological polar surface area (TPSA) is 107 Å². The molecule has 0 bridgehead atoms. The van der Waals surface area contributed by atoms with E-state index in [1.807, 2.05) is 6.92 Å². The van der Waals surface area contributed by atoms with E-state index in [-0.39, 0.29) is 5.69 Å². The SMILES string of the molecule is COc1cc(C)ccc1C(=O)NN=Cc1ccc(-c2ccccc2[N+](=O)[O-])o1. The first kappa shape index (κ1) is 18.8. The Labute approximate surface area is 160 Å². The van der Waals surface area contributed by atoms with Crippen molar-refractivity contribution in [1.82, 2.24) is 5.43 Å². The summed E-state index contributed by atoms with van der Waals surface area (Å²) in [5.41, 5.74) is 4.03. The van der Waals surface area contributed by atoms with Crippen molar-refractivity contribution in [3.05, 3.63) is 81.6 Å². The molecular formula is C20H17N3O5. The van der Waals surface area contributed by atoms with Gasteiger partial charge < -0.3 is 9.15 Å². The number of methoxy groups -OCH3 is 1. The normalized spacial score (nSPS) is 10.8. The monoisotopic (exact) mass is 379 g/mol.